The van der Waals surface area contributed by atoms with E-state index >= 15 is 0 Å². The molecule has 1 rings (SSSR count). The van der Waals surface area contributed by atoms with E-state index in [1.54, 1.807) is 13.8 Å². The molecule has 0 saturated heterocycles. The second-order valence-corrected chi connectivity index (χ2v) is 4.51. The van der Waals surface area contributed by atoms with E-state index in [1.807, 2.05) is 0 Å². The van der Waals surface area contributed by atoms with Crippen LogP contribution in [0, 0.1) is 11.4 Å². The van der Waals surface area contributed by atoms with E-state index in [2.05, 4.69) is 15.6 Å². The van der Waals surface area contributed by atoms with Crippen molar-refractivity contribution in [2.45, 2.75) is 13.8 Å². The van der Waals surface area contributed by atoms with Gasteiger partial charge < -0.3 is 10.6 Å². The lowest BCUT2D eigenvalue weighted by molar-refractivity contribution is -0.128. The molecule has 98 valence electrons. The summed E-state index contributed by atoms with van der Waals surface area (Å²) >= 11 is 0. The summed E-state index contributed by atoms with van der Waals surface area (Å²) in [6.45, 7) is 3.58. The Hall–Kier alpha value is -1.98. The van der Waals surface area contributed by atoms with Crippen molar-refractivity contribution < 1.29 is 14.0 Å². The van der Waals surface area contributed by atoms with Crippen LogP contribution in [0.4, 0.5) is 4.39 Å². The van der Waals surface area contributed by atoms with Gasteiger partial charge in [0, 0.05) is 31.4 Å². The molecule has 0 atom stereocenters. The van der Waals surface area contributed by atoms with E-state index in [4.69, 9.17) is 0 Å². The maximum Gasteiger partial charge on any atom is 0.251 e. The number of nitrogens with one attached hydrogen (secondary N) is 2. The van der Waals surface area contributed by atoms with Crippen LogP contribution in [0.15, 0.2) is 18.3 Å². The SMILES string of the molecule is CNC(=O)C(C)(C)CNC(=O)c1ccnc(F)c1. The van der Waals surface area contributed by atoms with Crippen molar-refractivity contribution >= 4 is 11.8 Å². The van der Waals surface area contributed by atoms with Gasteiger partial charge >= 0.3 is 0 Å². The number of hydrogen-bond acceptors (Lipinski definition) is 3. The summed E-state index contributed by atoms with van der Waals surface area (Å²) in [6, 6.07) is 2.45. The fraction of sp³-hybridized carbons (Fsp3) is 0.417. The van der Waals surface area contributed by atoms with Gasteiger partial charge in [-0.1, -0.05) is 0 Å². The molecule has 0 spiro atoms. The number of halogens is 1. The standard InChI is InChI=1S/C12H16FN3O2/c1-12(2,11(18)14-3)7-16-10(17)8-4-5-15-9(13)6-8/h4-6H,7H2,1-3H3,(H,14,18)(H,16,17). The Labute approximate surface area is 105 Å². The summed E-state index contributed by atoms with van der Waals surface area (Å²) in [5.74, 6) is -1.33. The highest BCUT2D eigenvalue weighted by atomic mass is 19.1. The van der Waals surface area contributed by atoms with Crippen LogP contribution < -0.4 is 10.6 Å². The fourth-order valence-electron chi connectivity index (χ4n) is 1.37. The van der Waals surface area contributed by atoms with Crippen LogP contribution in [0.25, 0.3) is 0 Å². The van der Waals surface area contributed by atoms with Gasteiger partial charge in [-0.3, -0.25) is 9.59 Å². The Kier molecular flexibility index (Phi) is 4.36. The molecule has 2 N–H and O–H groups in total. The maximum absolute atomic E-state index is 12.8. The summed E-state index contributed by atoms with van der Waals surface area (Å²) in [4.78, 5) is 26.6. The lowest BCUT2D eigenvalue weighted by Gasteiger charge is -2.22. The highest BCUT2D eigenvalue weighted by Gasteiger charge is 2.27. The first-order chi connectivity index (χ1) is 8.36. The second-order valence-electron chi connectivity index (χ2n) is 4.51. The third-order valence-electron chi connectivity index (χ3n) is 2.52. The van der Waals surface area contributed by atoms with Crippen LogP contribution in [-0.2, 0) is 4.79 Å². The van der Waals surface area contributed by atoms with Gasteiger partial charge in [0.2, 0.25) is 11.9 Å². The van der Waals surface area contributed by atoms with Crippen LogP contribution in [0.3, 0.4) is 0 Å². The molecule has 0 aromatic carbocycles. The Bertz CT molecular complexity index is 460. The fourth-order valence-corrected chi connectivity index (χ4v) is 1.37. The lowest BCUT2D eigenvalue weighted by atomic mass is 9.92. The molecule has 1 heterocycles. The van der Waals surface area contributed by atoms with E-state index in [9.17, 15) is 14.0 Å². The molecule has 2 amide bonds. The number of aromatic nitrogens is 1. The first kappa shape index (κ1) is 14.1. The maximum atomic E-state index is 12.8. The Morgan fingerprint density at radius 2 is 2.11 bits per heavy atom. The lowest BCUT2D eigenvalue weighted by Crippen LogP contribution is -2.43. The predicted molar refractivity (Wildman–Crippen MR) is 64.4 cm³/mol. The van der Waals surface area contributed by atoms with Crippen molar-refractivity contribution in [3.63, 3.8) is 0 Å². The van der Waals surface area contributed by atoms with Gasteiger partial charge in [-0.25, -0.2) is 4.98 Å². The molecule has 0 unspecified atom stereocenters. The van der Waals surface area contributed by atoms with Crippen molar-refractivity contribution in [3.05, 3.63) is 29.8 Å². The van der Waals surface area contributed by atoms with E-state index in [0.29, 0.717) is 0 Å². The molecule has 0 radical (unpaired) electrons. The van der Waals surface area contributed by atoms with Gasteiger partial charge in [-0.05, 0) is 19.9 Å². The molecule has 0 fully saturated rings. The molecular formula is C12H16FN3O2. The number of hydrogen-bond donors (Lipinski definition) is 2. The molecule has 0 saturated carbocycles. The Balaban J connectivity index is 2.64. The zero-order chi connectivity index (χ0) is 13.8. The van der Waals surface area contributed by atoms with Crippen LogP contribution in [0.2, 0.25) is 0 Å². The van der Waals surface area contributed by atoms with E-state index in [1.165, 1.54) is 19.3 Å². The van der Waals surface area contributed by atoms with Gasteiger partial charge in [-0.15, -0.1) is 0 Å². The molecule has 0 aliphatic rings. The third kappa shape index (κ3) is 3.51. The van der Waals surface area contributed by atoms with E-state index in [0.717, 1.165) is 6.07 Å². The number of rotatable bonds is 4. The molecule has 6 heteroatoms. The number of pyridine rings is 1. The highest BCUT2D eigenvalue weighted by molar-refractivity contribution is 5.94. The summed E-state index contributed by atoms with van der Waals surface area (Å²) in [5, 5.41) is 5.11. The van der Waals surface area contributed by atoms with Gasteiger partial charge in [0.05, 0.1) is 5.41 Å². The van der Waals surface area contributed by atoms with E-state index < -0.39 is 17.3 Å². The minimum atomic E-state index is -0.726. The summed E-state index contributed by atoms with van der Waals surface area (Å²) in [6.07, 6.45) is 1.22. The molecule has 5 nitrogen and oxygen atoms in total. The zero-order valence-corrected chi connectivity index (χ0v) is 10.6. The van der Waals surface area contributed by atoms with Crippen molar-refractivity contribution in [2.75, 3.05) is 13.6 Å². The Morgan fingerprint density at radius 1 is 1.44 bits per heavy atom. The van der Waals surface area contributed by atoms with Crippen LogP contribution in [0.5, 0.6) is 0 Å². The van der Waals surface area contributed by atoms with Crippen LogP contribution in [-0.4, -0.2) is 30.4 Å². The average Bonchev–Trinajstić information content (AvgIpc) is 2.35. The smallest absolute Gasteiger partial charge is 0.251 e. The van der Waals surface area contributed by atoms with Crippen molar-refractivity contribution in [1.29, 1.82) is 0 Å². The molecule has 1 aromatic rings. The van der Waals surface area contributed by atoms with Gasteiger partial charge in [0.1, 0.15) is 0 Å². The first-order valence-electron chi connectivity index (χ1n) is 5.49. The molecular weight excluding hydrogens is 237 g/mol. The molecule has 18 heavy (non-hydrogen) atoms. The van der Waals surface area contributed by atoms with E-state index in [-0.39, 0.29) is 18.0 Å². The highest BCUT2D eigenvalue weighted by Crippen LogP contribution is 2.13. The van der Waals surface area contributed by atoms with Gasteiger partial charge in [-0.2, -0.15) is 4.39 Å². The zero-order valence-electron chi connectivity index (χ0n) is 10.6. The van der Waals surface area contributed by atoms with Crippen molar-refractivity contribution in [1.82, 2.24) is 15.6 Å². The second kappa shape index (κ2) is 5.57. The quantitative estimate of drug-likeness (QED) is 0.777. The number of nitrogens with zero attached hydrogens (tertiary/aromatic N) is 1. The molecule has 1 aromatic heterocycles. The topological polar surface area (TPSA) is 71.1 Å². The molecule has 0 bridgehead atoms. The van der Waals surface area contributed by atoms with Crippen molar-refractivity contribution in [3.8, 4) is 0 Å². The predicted octanol–water partition coefficient (Wildman–Crippen LogP) is 0.723. The number of carbonyl (C=O) groups excluding carboxylic acids is 2. The monoisotopic (exact) mass is 253 g/mol. The number of amides is 2. The van der Waals surface area contributed by atoms with Gasteiger partial charge in [0.25, 0.3) is 5.91 Å². The average molecular weight is 253 g/mol. The summed E-state index contributed by atoms with van der Waals surface area (Å²) in [7, 11) is 1.53. The minimum absolute atomic E-state index is 0.162. The summed E-state index contributed by atoms with van der Waals surface area (Å²) in [5.41, 5.74) is -0.550. The van der Waals surface area contributed by atoms with Crippen LogP contribution >= 0.6 is 0 Å². The molecule has 0 aliphatic heterocycles. The molecule has 0 aliphatic carbocycles. The number of carbonyl (C=O) groups is 2. The first-order valence-corrected chi connectivity index (χ1v) is 5.49. The van der Waals surface area contributed by atoms with Crippen LogP contribution in [0.1, 0.15) is 24.2 Å². The normalized spacial score (nSPS) is 10.9. The summed E-state index contributed by atoms with van der Waals surface area (Å²) < 4.78 is 12.8. The minimum Gasteiger partial charge on any atom is -0.359 e. The third-order valence-corrected chi connectivity index (χ3v) is 2.52. The van der Waals surface area contributed by atoms with Gasteiger partial charge in [0.15, 0.2) is 0 Å². The van der Waals surface area contributed by atoms with Crippen molar-refractivity contribution in [2.24, 2.45) is 5.41 Å². The Morgan fingerprint density at radius 3 is 2.67 bits per heavy atom. The largest absolute Gasteiger partial charge is 0.359 e.